The number of thiophene rings is 1. The van der Waals surface area contributed by atoms with Gasteiger partial charge in [0, 0.05) is 4.88 Å². The highest BCUT2D eigenvalue weighted by Crippen LogP contribution is 2.43. The maximum atomic E-state index is 13.1. The number of carbonyl (C=O) groups excluding carboxylic acids is 1. The second kappa shape index (κ2) is 6.99. The van der Waals surface area contributed by atoms with Crippen molar-refractivity contribution in [1.29, 1.82) is 0 Å². The molecule has 0 aromatic carbocycles. The molecule has 1 aliphatic heterocycles. The normalized spacial score (nSPS) is 20.8. The fourth-order valence-corrected chi connectivity index (χ4v) is 6.18. The van der Waals surface area contributed by atoms with Crippen LogP contribution in [0.1, 0.15) is 54.1 Å². The highest BCUT2D eigenvalue weighted by molar-refractivity contribution is 7.19. The molecule has 2 aliphatic rings. The van der Waals surface area contributed by atoms with E-state index < -0.39 is 0 Å². The molecule has 1 atom stereocenters. The number of nitrogens with one attached hydrogen (secondary N) is 1. The van der Waals surface area contributed by atoms with Crippen LogP contribution in [0.25, 0.3) is 15.9 Å². The third-order valence-corrected chi connectivity index (χ3v) is 8.12. The first kappa shape index (κ1) is 19.9. The van der Waals surface area contributed by atoms with Gasteiger partial charge in [0.15, 0.2) is 5.65 Å². The lowest BCUT2D eigenvalue weighted by molar-refractivity contribution is -0.883. The molecule has 1 N–H and O–H groups in total. The van der Waals surface area contributed by atoms with Gasteiger partial charge in [-0.1, -0.05) is 20.8 Å². The molecule has 0 spiro atoms. The van der Waals surface area contributed by atoms with E-state index in [1.165, 1.54) is 21.8 Å². The molecule has 0 saturated carbocycles. The average Bonchev–Trinajstić information content (AvgIpc) is 3.28. The quantitative estimate of drug-likeness (QED) is 0.643. The Morgan fingerprint density at radius 1 is 1.20 bits per heavy atom. The van der Waals surface area contributed by atoms with Gasteiger partial charge in [-0.3, -0.25) is 4.79 Å². The number of aromatic nitrogens is 4. The minimum Gasteiger partial charge on any atom is -0.334 e. The van der Waals surface area contributed by atoms with Crippen molar-refractivity contribution in [3.05, 3.63) is 22.1 Å². The molecule has 8 heteroatoms. The summed E-state index contributed by atoms with van der Waals surface area (Å²) in [6.45, 7) is 12.4. The van der Waals surface area contributed by atoms with Gasteiger partial charge in [0.05, 0.1) is 38.6 Å². The summed E-state index contributed by atoms with van der Waals surface area (Å²) in [7, 11) is 2.17. The lowest BCUT2D eigenvalue weighted by Gasteiger charge is -2.33. The van der Waals surface area contributed by atoms with Crippen molar-refractivity contribution >= 4 is 33.1 Å². The fourth-order valence-electron chi connectivity index (χ4n) is 4.84. The highest BCUT2D eigenvalue weighted by Gasteiger charge is 2.33. The van der Waals surface area contributed by atoms with E-state index in [1.807, 2.05) is 11.8 Å². The van der Waals surface area contributed by atoms with E-state index in [4.69, 9.17) is 9.97 Å². The summed E-state index contributed by atoms with van der Waals surface area (Å²) < 4.78 is 1.78. The summed E-state index contributed by atoms with van der Waals surface area (Å²) in [5.41, 5.74) is 2.49. The molecule has 7 nitrogen and oxygen atoms in total. The standard InChI is InChI=1S/C22H30N6OS/c1-13-23-20-17(15-7-6-14(22(2,3)4)12-16(15)30-20)19-24-18(25-28(13)19)21(29)27-10-8-26(5)9-11-27/h14H,6-12H2,1-5H3/p+1/t14-/m0/s1. The molecule has 4 heterocycles. The molecule has 1 aliphatic carbocycles. The summed E-state index contributed by atoms with van der Waals surface area (Å²) in [6, 6.07) is 0. The smallest absolute Gasteiger partial charge is 0.293 e. The Labute approximate surface area is 181 Å². The molecule has 0 bridgehead atoms. The van der Waals surface area contributed by atoms with E-state index in [2.05, 4.69) is 32.9 Å². The number of fused-ring (bicyclic) bond motifs is 5. The number of amides is 1. The molecule has 1 fully saturated rings. The number of hydrogen-bond donors (Lipinski definition) is 1. The first-order valence-corrected chi connectivity index (χ1v) is 11.8. The van der Waals surface area contributed by atoms with Crippen molar-refractivity contribution in [3.63, 3.8) is 0 Å². The Kier molecular flexibility index (Phi) is 4.63. The van der Waals surface area contributed by atoms with Gasteiger partial charge in [0.25, 0.3) is 5.91 Å². The second-order valence-electron chi connectivity index (χ2n) is 10.1. The first-order valence-electron chi connectivity index (χ1n) is 11.0. The third kappa shape index (κ3) is 3.21. The van der Waals surface area contributed by atoms with E-state index in [1.54, 1.807) is 15.9 Å². The van der Waals surface area contributed by atoms with Crippen LogP contribution in [0.2, 0.25) is 0 Å². The van der Waals surface area contributed by atoms with E-state index in [9.17, 15) is 4.79 Å². The molecule has 1 saturated heterocycles. The van der Waals surface area contributed by atoms with Crippen LogP contribution in [0, 0.1) is 18.3 Å². The van der Waals surface area contributed by atoms with Crippen LogP contribution in [0.15, 0.2) is 0 Å². The van der Waals surface area contributed by atoms with Crippen molar-refractivity contribution in [1.82, 2.24) is 24.5 Å². The molecule has 3 aromatic heterocycles. The predicted molar refractivity (Wildman–Crippen MR) is 118 cm³/mol. The van der Waals surface area contributed by atoms with Crippen LogP contribution in [0.4, 0.5) is 0 Å². The Morgan fingerprint density at radius 3 is 2.63 bits per heavy atom. The summed E-state index contributed by atoms with van der Waals surface area (Å²) in [5.74, 6) is 1.72. The van der Waals surface area contributed by atoms with E-state index >= 15 is 0 Å². The van der Waals surface area contributed by atoms with Crippen molar-refractivity contribution in [2.24, 2.45) is 11.3 Å². The van der Waals surface area contributed by atoms with Gasteiger partial charge in [-0.2, -0.15) is 4.52 Å². The number of quaternary nitrogens is 1. The van der Waals surface area contributed by atoms with Crippen LogP contribution >= 0.6 is 11.3 Å². The Bertz CT molecular complexity index is 1130. The Morgan fingerprint density at radius 2 is 1.93 bits per heavy atom. The van der Waals surface area contributed by atoms with Crippen molar-refractivity contribution in [2.45, 2.75) is 47.0 Å². The van der Waals surface area contributed by atoms with Gasteiger partial charge < -0.3 is 9.80 Å². The molecular weight excluding hydrogens is 396 g/mol. The fraction of sp³-hybridized carbons (Fsp3) is 0.636. The second-order valence-corrected chi connectivity index (χ2v) is 11.2. The lowest BCUT2D eigenvalue weighted by Crippen LogP contribution is -3.12. The minimum absolute atomic E-state index is 0.0596. The Balaban J connectivity index is 1.57. The highest BCUT2D eigenvalue weighted by atomic mass is 32.1. The maximum absolute atomic E-state index is 13.1. The number of likely N-dealkylation sites (N-methyl/N-ethyl adjacent to an activating group) is 1. The maximum Gasteiger partial charge on any atom is 0.293 e. The molecule has 1 amide bonds. The largest absolute Gasteiger partial charge is 0.334 e. The first-order chi connectivity index (χ1) is 14.2. The number of piperazine rings is 1. The monoisotopic (exact) mass is 427 g/mol. The van der Waals surface area contributed by atoms with Crippen LogP contribution in [-0.4, -0.2) is 63.6 Å². The number of nitrogens with zero attached hydrogens (tertiary/aromatic N) is 5. The molecule has 5 rings (SSSR count). The van der Waals surface area contributed by atoms with Crippen molar-refractivity contribution in [2.75, 3.05) is 33.2 Å². The third-order valence-electron chi connectivity index (χ3n) is 6.97. The number of rotatable bonds is 1. The molecular formula is C22H31N6OS+. The van der Waals surface area contributed by atoms with Gasteiger partial charge in [-0.15, -0.1) is 16.4 Å². The van der Waals surface area contributed by atoms with Crippen LogP contribution in [0.5, 0.6) is 0 Å². The van der Waals surface area contributed by atoms with Gasteiger partial charge in [0.2, 0.25) is 5.82 Å². The van der Waals surface area contributed by atoms with Gasteiger partial charge >= 0.3 is 0 Å². The summed E-state index contributed by atoms with van der Waals surface area (Å²) in [6.07, 6.45) is 3.34. The summed E-state index contributed by atoms with van der Waals surface area (Å²) >= 11 is 1.80. The van der Waals surface area contributed by atoms with Crippen molar-refractivity contribution < 1.29 is 9.69 Å². The van der Waals surface area contributed by atoms with Crippen LogP contribution in [-0.2, 0) is 12.8 Å². The van der Waals surface area contributed by atoms with Gasteiger partial charge in [-0.05, 0) is 43.1 Å². The van der Waals surface area contributed by atoms with E-state index in [0.29, 0.717) is 17.2 Å². The molecule has 0 radical (unpaired) electrons. The predicted octanol–water partition coefficient (Wildman–Crippen LogP) is 1.77. The SMILES string of the molecule is Cc1nc2sc3c(c2c2nc(C(=O)N4CC[NH+](C)CC4)nn12)CC[C@H](C(C)(C)C)C3. The number of carbonyl (C=O) groups is 1. The zero-order chi connectivity index (χ0) is 21.2. The van der Waals surface area contributed by atoms with Crippen LogP contribution in [0.3, 0.4) is 0 Å². The number of hydrogen-bond acceptors (Lipinski definition) is 5. The Hall–Kier alpha value is -2.06. The van der Waals surface area contributed by atoms with E-state index in [0.717, 1.165) is 60.7 Å². The van der Waals surface area contributed by atoms with Crippen LogP contribution < -0.4 is 4.90 Å². The molecule has 30 heavy (non-hydrogen) atoms. The van der Waals surface area contributed by atoms with Crippen molar-refractivity contribution in [3.8, 4) is 0 Å². The minimum atomic E-state index is -0.0596. The van der Waals surface area contributed by atoms with Gasteiger partial charge in [0.1, 0.15) is 10.7 Å². The zero-order valence-corrected chi connectivity index (χ0v) is 19.4. The topological polar surface area (TPSA) is 67.8 Å². The average molecular weight is 428 g/mol. The van der Waals surface area contributed by atoms with E-state index in [-0.39, 0.29) is 5.91 Å². The summed E-state index contributed by atoms with van der Waals surface area (Å²) in [5, 5.41) is 5.70. The summed E-state index contributed by atoms with van der Waals surface area (Å²) in [4.78, 5) is 28.5. The lowest BCUT2D eigenvalue weighted by atomic mass is 9.72. The number of aryl methyl sites for hydroxylation is 2. The molecule has 3 aromatic rings. The molecule has 0 unspecified atom stereocenters. The van der Waals surface area contributed by atoms with Gasteiger partial charge in [-0.25, -0.2) is 9.97 Å². The molecule has 160 valence electrons. The zero-order valence-electron chi connectivity index (χ0n) is 18.6.